The maximum absolute atomic E-state index is 11.1. The highest BCUT2D eigenvalue weighted by Crippen LogP contribution is 2.63. The van der Waals surface area contributed by atoms with Crippen molar-refractivity contribution in [1.82, 2.24) is 9.55 Å². The van der Waals surface area contributed by atoms with E-state index in [4.69, 9.17) is 0 Å². The molecule has 5 unspecified atom stereocenters. The van der Waals surface area contributed by atoms with E-state index in [9.17, 15) is 5.11 Å². The fraction of sp³-hybridized carbons (Fsp3) is 0.812. The largest absolute Gasteiger partial charge is 0.390 e. The van der Waals surface area contributed by atoms with E-state index >= 15 is 0 Å². The Hall–Kier alpha value is -0.830. The van der Waals surface area contributed by atoms with Crippen LogP contribution < -0.4 is 0 Å². The van der Waals surface area contributed by atoms with E-state index < -0.39 is 0 Å². The number of aromatic nitrogens is 2. The summed E-state index contributed by atoms with van der Waals surface area (Å²) in [5, 5.41) is 11.1. The SMILES string of the molecule is Cn1ccnc1CCC1(O)CC2CC1C1CCCC21. The van der Waals surface area contributed by atoms with Crippen molar-refractivity contribution >= 4 is 0 Å². The number of aryl methyl sites for hydroxylation is 2. The molecule has 3 aliphatic carbocycles. The molecule has 3 fully saturated rings. The first kappa shape index (κ1) is 12.0. The molecule has 3 aliphatic rings. The number of rotatable bonds is 3. The van der Waals surface area contributed by atoms with E-state index in [1.807, 2.05) is 19.4 Å². The molecule has 0 aromatic carbocycles. The summed E-state index contributed by atoms with van der Waals surface area (Å²) in [6.07, 6.45) is 12.2. The normalized spacial score (nSPS) is 43.9. The summed E-state index contributed by atoms with van der Waals surface area (Å²) in [5.41, 5.74) is -0.387. The fourth-order valence-corrected chi connectivity index (χ4v) is 5.49. The van der Waals surface area contributed by atoms with Crippen LogP contribution in [0.25, 0.3) is 0 Å². The first-order valence-corrected chi connectivity index (χ1v) is 7.86. The lowest BCUT2D eigenvalue weighted by Crippen LogP contribution is -2.41. The topological polar surface area (TPSA) is 38.0 Å². The first-order chi connectivity index (χ1) is 9.17. The lowest BCUT2D eigenvalue weighted by atomic mass is 9.71. The molecule has 1 N–H and O–H groups in total. The van der Waals surface area contributed by atoms with Crippen LogP contribution >= 0.6 is 0 Å². The number of fused-ring (bicyclic) bond motifs is 5. The molecule has 3 saturated carbocycles. The fourth-order valence-electron chi connectivity index (χ4n) is 5.49. The number of aliphatic hydroxyl groups is 1. The molecule has 3 nitrogen and oxygen atoms in total. The van der Waals surface area contributed by atoms with Crippen molar-refractivity contribution in [2.24, 2.45) is 30.7 Å². The number of hydrogen-bond donors (Lipinski definition) is 1. The van der Waals surface area contributed by atoms with E-state index in [0.29, 0.717) is 5.92 Å². The Labute approximate surface area is 115 Å². The van der Waals surface area contributed by atoms with E-state index in [0.717, 1.165) is 42.8 Å². The van der Waals surface area contributed by atoms with Gasteiger partial charge in [-0.25, -0.2) is 4.98 Å². The number of imidazole rings is 1. The van der Waals surface area contributed by atoms with Crippen molar-refractivity contribution in [3.63, 3.8) is 0 Å². The van der Waals surface area contributed by atoms with Crippen LogP contribution in [0.15, 0.2) is 12.4 Å². The molecular weight excluding hydrogens is 236 g/mol. The summed E-state index contributed by atoms with van der Waals surface area (Å²) in [6, 6.07) is 0. The van der Waals surface area contributed by atoms with Crippen molar-refractivity contribution in [2.75, 3.05) is 0 Å². The van der Waals surface area contributed by atoms with Crippen LogP contribution in [0.1, 0.15) is 44.3 Å². The molecule has 0 aliphatic heterocycles. The zero-order valence-electron chi connectivity index (χ0n) is 11.8. The van der Waals surface area contributed by atoms with Crippen LogP contribution in [-0.2, 0) is 13.5 Å². The monoisotopic (exact) mass is 260 g/mol. The highest BCUT2D eigenvalue weighted by atomic mass is 16.3. The summed E-state index contributed by atoms with van der Waals surface area (Å²) in [5.74, 6) is 4.32. The van der Waals surface area contributed by atoms with Crippen LogP contribution in [-0.4, -0.2) is 20.3 Å². The predicted octanol–water partition coefficient (Wildman–Crippen LogP) is 2.54. The Morgan fingerprint density at radius 2 is 2.26 bits per heavy atom. The van der Waals surface area contributed by atoms with E-state index in [1.54, 1.807) is 0 Å². The summed E-state index contributed by atoms with van der Waals surface area (Å²) >= 11 is 0. The summed E-state index contributed by atoms with van der Waals surface area (Å²) in [4.78, 5) is 4.39. The minimum atomic E-state index is -0.387. The number of nitrogens with zero attached hydrogens (tertiary/aromatic N) is 2. The smallest absolute Gasteiger partial charge is 0.108 e. The van der Waals surface area contributed by atoms with Gasteiger partial charge in [0.05, 0.1) is 5.60 Å². The molecule has 2 bridgehead atoms. The van der Waals surface area contributed by atoms with Gasteiger partial charge in [0.1, 0.15) is 5.82 Å². The third-order valence-electron chi connectivity index (χ3n) is 6.31. The Morgan fingerprint density at radius 3 is 3.05 bits per heavy atom. The zero-order chi connectivity index (χ0) is 13.0. The van der Waals surface area contributed by atoms with Gasteiger partial charge in [-0.1, -0.05) is 6.42 Å². The van der Waals surface area contributed by atoms with E-state index in [2.05, 4.69) is 9.55 Å². The van der Waals surface area contributed by atoms with Crippen LogP contribution in [0, 0.1) is 23.7 Å². The van der Waals surface area contributed by atoms with Crippen molar-refractivity contribution in [2.45, 2.75) is 50.5 Å². The molecule has 104 valence electrons. The van der Waals surface area contributed by atoms with Gasteiger partial charge in [0.25, 0.3) is 0 Å². The Balaban J connectivity index is 1.48. The molecule has 1 aromatic rings. The van der Waals surface area contributed by atoms with Gasteiger partial charge in [-0.15, -0.1) is 0 Å². The van der Waals surface area contributed by atoms with Crippen LogP contribution in [0.4, 0.5) is 0 Å². The van der Waals surface area contributed by atoms with Gasteiger partial charge < -0.3 is 9.67 Å². The van der Waals surface area contributed by atoms with Crippen molar-refractivity contribution in [3.8, 4) is 0 Å². The average Bonchev–Trinajstić information content (AvgIpc) is 3.07. The van der Waals surface area contributed by atoms with Crippen molar-refractivity contribution < 1.29 is 5.11 Å². The maximum Gasteiger partial charge on any atom is 0.108 e. The molecule has 5 atom stereocenters. The summed E-state index contributed by atoms with van der Waals surface area (Å²) < 4.78 is 2.08. The van der Waals surface area contributed by atoms with Gasteiger partial charge >= 0.3 is 0 Å². The standard InChI is InChI=1S/C16H24N2O/c1-18-8-7-17-15(18)5-6-16(19)10-11-9-14(16)13-4-2-3-12(11)13/h7-8,11-14,19H,2-6,9-10H2,1H3. The lowest BCUT2D eigenvalue weighted by molar-refractivity contribution is -0.0520. The van der Waals surface area contributed by atoms with E-state index in [-0.39, 0.29) is 5.60 Å². The average molecular weight is 260 g/mol. The molecule has 1 aromatic heterocycles. The molecular formula is C16H24N2O. The molecule has 1 heterocycles. The highest BCUT2D eigenvalue weighted by Gasteiger charge is 2.59. The Morgan fingerprint density at radius 1 is 1.42 bits per heavy atom. The molecule has 0 spiro atoms. The highest BCUT2D eigenvalue weighted by molar-refractivity contribution is 5.10. The third-order valence-corrected chi connectivity index (χ3v) is 6.31. The zero-order valence-corrected chi connectivity index (χ0v) is 11.8. The molecule has 0 radical (unpaired) electrons. The van der Waals surface area contributed by atoms with Crippen LogP contribution in [0.3, 0.4) is 0 Å². The molecule has 4 rings (SSSR count). The molecule has 19 heavy (non-hydrogen) atoms. The lowest BCUT2D eigenvalue weighted by Gasteiger charge is -2.39. The van der Waals surface area contributed by atoms with Crippen molar-refractivity contribution in [3.05, 3.63) is 18.2 Å². The van der Waals surface area contributed by atoms with Gasteiger partial charge in [-0.05, 0) is 55.8 Å². The molecule has 0 saturated heterocycles. The van der Waals surface area contributed by atoms with Gasteiger partial charge in [-0.3, -0.25) is 0 Å². The van der Waals surface area contributed by atoms with Gasteiger partial charge in [0.15, 0.2) is 0 Å². The van der Waals surface area contributed by atoms with Crippen LogP contribution in [0.2, 0.25) is 0 Å². The number of hydrogen-bond acceptors (Lipinski definition) is 2. The molecule has 0 amide bonds. The second kappa shape index (κ2) is 4.08. The van der Waals surface area contributed by atoms with Gasteiger partial charge in [0.2, 0.25) is 0 Å². The van der Waals surface area contributed by atoms with E-state index in [1.165, 1.54) is 25.7 Å². The minimum absolute atomic E-state index is 0.387. The minimum Gasteiger partial charge on any atom is -0.390 e. The summed E-state index contributed by atoms with van der Waals surface area (Å²) in [7, 11) is 2.04. The first-order valence-electron chi connectivity index (χ1n) is 7.86. The summed E-state index contributed by atoms with van der Waals surface area (Å²) in [6.45, 7) is 0. The van der Waals surface area contributed by atoms with Gasteiger partial charge in [0, 0.05) is 25.9 Å². The van der Waals surface area contributed by atoms with Gasteiger partial charge in [-0.2, -0.15) is 0 Å². The van der Waals surface area contributed by atoms with Crippen LogP contribution in [0.5, 0.6) is 0 Å². The Kier molecular flexibility index (Phi) is 2.57. The quantitative estimate of drug-likeness (QED) is 0.907. The maximum atomic E-state index is 11.1. The Bertz CT molecular complexity index is 483. The second-order valence-electron chi connectivity index (χ2n) is 7.12. The third kappa shape index (κ3) is 1.70. The second-order valence-corrected chi connectivity index (χ2v) is 7.12. The molecule has 3 heteroatoms. The predicted molar refractivity (Wildman–Crippen MR) is 73.5 cm³/mol. The van der Waals surface area contributed by atoms with Crippen molar-refractivity contribution in [1.29, 1.82) is 0 Å².